The highest BCUT2D eigenvalue weighted by molar-refractivity contribution is 5.76. The Labute approximate surface area is 163 Å². The van der Waals surface area contributed by atoms with Gasteiger partial charge in [-0.3, -0.25) is 4.98 Å². The summed E-state index contributed by atoms with van der Waals surface area (Å²) in [6.07, 6.45) is 1.59. The summed E-state index contributed by atoms with van der Waals surface area (Å²) in [5.41, 5.74) is 14.7. The van der Waals surface area contributed by atoms with E-state index in [4.69, 9.17) is 11.5 Å². The first-order valence-electron chi connectivity index (χ1n) is 8.81. The average Bonchev–Trinajstić information content (AvgIpc) is 2.67. The van der Waals surface area contributed by atoms with E-state index in [1.165, 1.54) is 6.07 Å². The van der Waals surface area contributed by atoms with Crippen LogP contribution in [-0.2, 0) is 5.41 Å². The number of nitrogens with zero attached hydrogens (tertiary/aromatic N) is 3. The maximum absolute atomic E-state index is 14.0. The third-order valence-corrected chi connectivity index (χ3v) is 4.47. The summed E-state index contributed by atoms with van der Waals surface area (Å²) in [4.78, 5) is 4.17. The van der Waals surface area contributed by atoms with Crippen LogP contribution in [0.25, 0.3) is 17.0 Å². The molecule has 3 rings (SSSR count). The molecule has 0 amide bonds. The number of nitrogens with one attached hydrogen (secondary N) is 1. The standard InChI is InChI=1S/C21H23FN6/c1-13(23)15-11-14(6-7-17(15)24)18-8-9-19(28-27-18)26-12-21(2,3)20-16(22)5-4-10-25-20/h4-11H,1,12,23-24H2,2-3H3,(H,26,28). The van der Waals surface area contributed by atoms with E-state index in [1.807, 2.05) is 38.1 Å². The van der Waals surface area contributed by atoms with Crippen molar-refractivity contribution in [2.45, 2.75) is 19.3 Å². The monoisotopic (exact) mass is 378 g/mol. The second-order valence-corrected chi connectivity index (χ2v) is 7.20. The molecule has 0 aliphatic rings. The molecule has 1 aromatic carbocycles. The van der Waals surface area contributed by atoms with E-state index >= 15 is 0 Å². The summed E-state index contributed by atoms with van der Waals surface area (Å²) in [7, 11) is 0. The van der Waals surface area contributed by atoms with E-state index in [2.05, 4.69) is 27.1 Å². The van der Waals surface area contributed by atoms with Gasteiger partial charge in [0.2, 0.25) is 0 Å². The predicted octanol–water partition coefficient (Wildman–Crippen LogP) is 3.58. The molecule has 0 saturated heterocycles. The topological polar surface area (TPSA) is 103 Å². The molecule has 5 N–H and O–H groups in total. The largest absolute Gasteiger partial charge is 0.399 e. The lowest BCUT2D eigenvalue weighted by molar-refractivity contribution is 0.485. The van der Waals surface area contributed by atoms with Gasteiger partial charge in [0.25, 0.3) is 0 Å². The number of nitrogen functional groups attached to an aromatic ring is 1. The lowest BCUT2D eigenvalue weighted by Crippen LogP contribution is -2.30. The summed E-state index contributed by atoms with van der Waals surface area (Å²) in [5.74, 6) is 0.267. The number of anilines is 2. The number of nitrogens with two attached hydrogens (primary N) is 2. The fourth-order valence-corrected chi connectivity index (χ4v) is 2.85. The molecule has 0 fully saturated rings. The van der Waals surface area contributed by atoms with Crippen LogP contribution in [-0.4, -0.2) is 21.7 Å². The van der Waals surface area contributed by atoms with E-state index in [-0.39, 0.29) is 5.82 Å². The molecule has 2 aromatic heterocycles. The van der Waals surface area contributed by atoms with Crippen molar-refractivity contribution in [2.24, 2.45) is 5.73 Å². The molecule has 0 bridgehead atoms. The molecular formula is C21H23FN6. The second kappa shape index (κ2) is 7.64. The minimum Gasteiger partial charge on any atom is -0.399 e. The molecule has 0 spiro atoms. The van der Waals surface area contributed by atoms with Crippen LogP contribution in [0, 0.1) is 5.82 Å². The summed E-state index contributed by atoms with van der Waals surface area (Å²) in [6.45, 7) is 8.02. The number of pyridine rings is 1. The third kappa shape index (κ3) is 4.09. The van der Waals surface area contributed by atoms with Crippen LogP contribution in [0.1, 0.15) is 25.1 Å². The van der Waals surface area contributed by atoms with Gasteiger partial charge in [-0.2, -0.15) is 0 Å². The van der Waals surface area contributed by atoms with E-state index in [9.17, 15) is 4.39 Å². The van der Waals surface area contributed by atoms with Crippen LogP contribution in [0.15, 0.2) is 55.2 Å². The summed E-state index contributed by atoms with van der Waals surface area (Å²) in [5, 5.41) is 11.7. The lowest BCUT2D eigenvalue weighted by Gasteiger charge is -2.24. The summed E-state index contributed by atoms with van der Waals surface area (Å²) in [6, 6.07) is 12.1. The Balaban J connectivity index is 1.74. The molecule has 0 saturated carbocycles. The second-order valence-electron chi connectivity index (χ2n) is 7.20. The molecule has 0 aliphatic heterocycles. The van der Waals surface area contributed by atoms with Gasteiger partial charge in [0, 0.05) is 40.7 Å². The molecule has 28 heavy (non-hydrogen) atoms. The Hall–Kier alpha value is -3.48. The van der Waals surface area contributed by atoms with Crippen LogP contribution < -0.4 is 16.8 Å². The zero-order valence-electron chi connectivity index (χ0n) is 15.9. The third-order valence-electron chi connectivity index (χ3n) is 4.47. The smallest absolute Gasteiger partial charge is 0.148 e. The number of hydrogen-bond acceptors (Lipinski definition) is 6. The van der Waals surface area contributed by atoms with Gasteiger partial charge < -0.3 is 16.8 Å². The van der Waals surface area contributed by atoms with Gasteiger partial charge in [-0.05, 0) is 36.4 Å². The molecule has 2 heterocycles. The molecule has 0 unspecified atom stereocenters. The molecule has 6 nitrogen and oxygen atoms in total. The fourth-order valence-electron chi connectivity index (χ4n) is 2.85. The Bertz CT molecular complexity index is 998. The lowest BCUT2D eigenvalue weighted by atomic mass is 9.88. The Morgan fingerprint density at radius 1 is 1.18 bits per heavy atom. The highest BCUT2D eigenvalue weighted by Gasteiger charge is 2.25. The van der Waals surface area contributed by atoms with Crippen molar-refractivity contribution < 1.29 is 4.39 Å². The van der Waals surface area contributed by atoms with Crippen molar-refractivity contribution in [1.29, 1.82) is 0 Å². The van der Waals surface area contributed by atoms with Crippen molar-refractivity contribution in [3.05, 3.63) is 72.3 Å². The van der Waals surface area contributed by atoms with E-state index < -0.39 is 5.41 Å². The number of halogens is 1. The van der Waals surface area contributed by atoms with Gasteiger partial charge in [0.1, 0.15) is 11.6 Å². The van der Waals surface area contributed by atoms with Crippen molar-refractivity contribution in [3.63, 3.8) is 0 Å². The van der Waals surface area contributed by atoms with E-state index in [1.54, 1.807) is 18.3 Å². The molecule has 0 radical (unpaired) electrons. The molecule has 144 valence electrons. The minimum absolute atomic E-state index is 0.323. The van der Waals surface area contributed by atoms with Crippen molar-refractivity contribution in [1.82, 2.24) is 15.2 Å². The highest BCUT2D eigenvalue weighted by atomic mass is 19.1. The van der Waals surface area contributed by atoms with Crippen LogP contribution in [0.2, 0.25) is 0 Å². The molecular weight excluding hydrogens is 355 g/mol. The van der Waals surface area contributed by atoms with Gasteiger partial charge in [-0.1, -0.05) is 26.5 Å². The zero-order valence-corrected chi connectivity index (χ0v) is 15.9. The predicted molar refractivity (Wildman–Crippen MR) is 111 cm³/mol. The summed E-state index contributed by atoms with van der Waals surface area (Å²) < 4.78 is 14.0. The average molecular weight is 378 g/mol. The Kier molecular flexibility index (Phi) is 5.26. The van der Waals surface area contributed by atoms with Crippen molar-refractivity contribution >= 4 is 17.2 Å². The van der Waals surface area contributed by atoms with Gasteiger partial charge >= 0.3 is 0 Å². The minimum atomic E-state index is -0.515. The number of aromatic nitrogens is 3. The van der Waals surface area contributed by atoms with Crippen molar-refractivity contribution in [2.75, 3.05) is 17.6 Å². The van der Waals surface area contributed by atoms with E-state index in [0.29, 0.717) is 40.7 Å². The van der Waals surface area contributed by atoms with Crippen LogP contribution in [0.4, 0.5) is 15.9 Å². The fraction of sp³-hybridized carbons (Fsp3) is 0.190. The molecule has 0 aliphatic carbocycles. The molecule has 3 aromatic rings. The molecule has 7 heteroatoms. The number of benzene rings is 1. The zero-order chi connectivity index (χ0) is 20.3. The Morgan fingerprint density at radius 2 is 1.96 bits per heavy atom. The van der Waals surface area contributed by atoms with Crippen LogP contribution >= 0.6 is 0 Å². The van der Waals surface area contributed by atoms with Gasteiger partial charge in [0.05, 0.1) is 11.4 Å². The van der Waals surface area contributed by atoms with Gasteiger partial charge in [0.15, 0.2) is 0 Å². The molecule has 0 atom stereocenters. The van der Waals surface area contributed by atoms with Gasteiger partial charge in [-0.25, -0.2) is 4.39 Å². The maximum atomic E-state index is 14.0. The normalized spacial score (nSPS) is 11.2. The Morgan fingerprint density at radius 3 is 2.61 bits per heavy atom. The first-order valence-corrected chi connectivity index (χ1v) is 8.81. The van der Waals surface area contributed by atoms with E-state index in [0.717, 1.165) is 5.56 Å². The van der Waals surface area contributed by atoms with Crippen molar-refractivity contribution in [3.8, 4) is 11.3 Å². The van der Waals surface area contributed by atoms with Crippen LogP contribution in [0.5, 0.6) is 0 Å². The first kappa shape index (κ1) is 19.3. The van der Waals surface area contributed by atoms with Gasteiger partial charge in [-0.15, -0.1) is 10.2 Å². The quantitative estimate of drug-likeness (QED) is 0.567. The number of hydrogen-bond donors (Lipinski definition) is 3. The highest BCUT2D eigenvalue weighted by Crippen LogP contribution is 2.26. The maximum Gasteiger partial charge on any atom is 0.148 e. The SMILES string of the molecule is C=C(N)c1cc(-c2ccc(NCC(C)(C)c3ncccc3F)nn2)ccc1N. The summed E-state index contributed by atoms with van der Waals surface area (Å²) >= 11 is 0. The van der Waals surface area contributed by atoms with Crippen LogP contribution in [0.3, 0.4) is 0 Å². The first-order chi connectivity index (χ1) is 13.3. The number of rotatable bonds is 6.